The average Bonchev–Trinajstić information content (AvgIpc) is 2.33. The third kappa shape index (κ3) is 4.35. The zero-order chi connectivity index (χ0) is 12.7. The first-order valence-corrected chi connectivity index (χ1v) is 6.39. The zero-order valence-corrected chi connectivity index (χ0v) is 11.1. The van der Waals surface area contributed by atoms with Crippen LogP contribution < -0.4 is 10.2 Å². The first kappa shape index (κ1) is 14.0. The van der Waals surface area contributed by atoms with Crippen molar-refractivity contribution in [3.05, 3.63) is 29.6 Å². The molecule has 1 aromatic rings. The fourth-order valence-corrected chi connectivity index (χ4v) is 1.84. The van der Waals surface area contributed by atoms with E-state index in [9.17, 15) is 4.39 Å². The van der Waals surface area contributed by atoms with E-state index in [0.717, 1.165) is 37.3 Å². The van der Waals surface area contributed by atoms with Gasteiger partial charge in [0.2, 0.25) is 0 Å². The molecule has 1 aromatic carbocycles. The molecule has 1 rings (SSSR count). The highest BCUT2D eigenvalue weighted by Gasteiger charge is 2.07. The van der Waals surface area contributed by atoms with Crippen LogP contribution in [0, 0.1) is 5.82 Å². The number of hydrogen-bond acceptors (Lipinski definition) is 2. The normalized spacial score (nSPS) is 10.6. The van der Waals surface area contributed by atoms with Gasteiger partial charge in [-0.1, -0.05) is 20.3 Å². The number of unbranched alkanes of at least 4 members (excludes halogenated alkanes) is 1. The maximum absolute atomic E-state index is 13.2. The minimum atomic E-state index is -0.162. The maximum Gasteiger partial charge on any atom is 0.123 e. The van der Waals surface area contributed by atoms with Crippen molar-refractivity contribution in [2.24, 2.45) is 0 Å². The van der Waals surface area contributed by atoms with Crippen LogP contribution in [0.15, 0.2) is 18.2 Å². The van der Waals surface area contributed by atoms with Crippen molar-refractivity contribution in [2.75, 3.05) is 25.0 Å². The minimum absolute atomic E-state index is 0.162. The van der Waals surface area contributed by atoms with Crippen molar-refractivity contribution in [3.63, 3.8) is 0 Å². The first-order valence-electron chi connectivity index (χ1n) is 6.39. The number of rotatable bonds is 7. The summed E-state index contributed by atoms with van der Waals surface area (Å²) < 4.78 is 13.2. The minimum Gasteiger partial charge on any atom is -0.374 e. The van der Waals surface area contributed by atoms with Crippen molar-refractivity contribution in [2.45, 2.75) is 33.2 Å². The number of anilines is 1. The summed E-state index contributed by atoms with van der Waals surface area (Å²) in [6.07, 6.45) is 2.34. The van der Waals surface area contributed by atoms with Crippen LogP contribution in [0.1, 0.15) is 32.3 Å². The molecule has 0 radical (unpaired) electrons. The number of nitrogens with one attached hydrogen (secondary N) is 1. The van der Waals surface area contributed by atoms with Gasteiger partial charge in [-0.2, -0.15) is 0 Å². The van der Waals surface area contributed by atoms with Crippen molar-refractivity contribution < 1.29 is 4.39 Å². The van der Waals surface area contributed by atoms with Crippen LogP contribution in [0.5, 0.6) is 0 Å². The van der Waals surface area contributed by atoms with Gasteiger partial charge in [0, 0.05) is 25.8 Å². The highest BCUT2D eigenvalue weighted by molar-refractivity contribution is 5.53. The lowest BCUT2D eigenvalue weighted by Gasteiger charge is -2.22. The summed E-state index contributed by atoms with van der Waals surface area (Å²) in [4.78, 5) is 2.20. The molecule has 0 amide bonds. The maximum atomic E-state index is 13.2. The van der Waals surface area contributed by atoms with E-state index < -0.39 is 0 Å². The molecule has 0 fully saturated rings. The fourth-order valence-electron chi connectivity index (χ4n) is 1.84. The number of benzene rings is 1. The Balaban J connectivity index is 2.80. The Bertz CT molecular complexity index is 339. The van der Waals surface area contributed by atoms with Gasteiger partial charge in [0.25, 0.3) is 0 Å². The standard InChI is InChI=1S/C14H23FN2/c1-4-6-9-17(3)14-8-7-13(15)10-12(14)11-16-5-2/h7-8,10,16H,4-6,9,11H2,1-3H3. The largest absolute Gasteiger partial charge is 0.374 e. The molecule has 0 atom stereocenters. The number of halogens is 1. The monoisotopic (exact) mass is 238 g/mol. The van der Waals surface area contributed by atoms with E-state index in [1.807, 2.05) is 6.07 Å². The van der Waals surface area contributed by atoms with E-state index in [4.69, 9.17) is 0 Å². The summed E-state index contributed by atoms with van der Waals surface area (Å²) in [6.45, 7) is 6.87. The SMILES string of the molecule is CCCCN(C)c1ccc(F)cc1CNCC. The molecule has 17 heavy (non-hydrogen) atoms. The molecule has 0 saturated heterocycles. The first-order chi connectivity index (χ1) is 8.19. The molecule has 0 saturated carbocycles. The second-order valence-corrected chi connectivity index (χ2v) is 4.33. The Morgan fingerprint density at radius 2 is 2.06 bits per heavy atom. The van der Waals surface area contributed by atoms with Gasteiger partial charge in [-0.25, -0.2) is 4.39 Å². The van der Waals surface area contributed by atoms with Crippen LogP contribution in [-0.2, 0) is 6.54 Å². The van der Waals surface area contributed by atoms with Gasteiger partial charge < -0.3 is 10.2 Å². The van der Waals surface area contributed by atoms with Gasteiger partial charge in [-0.15, -0.1) is 0 Å². The number of nitrogens with zero attached hydrogens (tertiary/aromatic N) is 1. The number of hydrogen-bond donors (Lipinski definition) is 1. The van der Waals surface area contributed by atoms with Crippen molar-refractivity contribution in [1.82, 2.24) is 5.32 Å². The van der Waals surface area contributed by atoms with Gasteiger partial charge in [-0.3, -0.25) is 0 Å². The third-order valence-electron chi connectivity index (χ3n) is 2.87. The highest BCUT2D eigenvalue weighted by atomic mass is 19.1. The molecule has 0 spiro atoms. The topological polar surface area (TPSA) is 15.3 Å². The summed E-state index contributed by atoms with van der Waals surface area (Å²) in [5.41, 5.74) is 2.16. The predicted molar refractivity (Wildman–Crippen MR) is 72.0 cm³/mol. The van der Waals surface area contributed by atoms with Gasteiger partial charge in [0.1, 0.15) is 5.82 Å². The van der Waals surface area contributed by atoms with E-state index in [-0.39, 0.29) is 5.82 Å². The van der Waals surface area contributed by atoms with E-state index in [0.29, 0.717) is 0 Å². The van der Waals surface area contributed by atoms with Crippen LogP contribution in [0.4, 0.5) is 10.1 Å². The van der Waals surface area contributed by atoms with E-state index >= 15 is 0 Å². The summed E-state index contributed by atoms with van der Waals surface area (Å²) in [5.74, 6) is -0.162. The quantitative estimate of drug-likeness (QED) is 0.785. The average molecular weight is 238 g/mol. The highest BCUT2D eigenvalue weighted by Crippen LogP contribution is 2.21. The lowest BCUT2D eigenvalue weighted by molar-refractivity contribution is 0.621. The molecule has 2 nitrogen and oxygen atoms in total. The molecule has 0 aliphatic heterocycles. The Labute approximate surface area is 104 Å². The second kappa shape index (κ2) is 7.28. The Kier molecular flexibility index (Phi) is 5.98. The summed E-state index contributed by atoms with van der Waals surface area (Å²) in [6, 6.07) is 5.03. The molecular formula is C14H23FN2. The molecule has 0 aliphatic rings. The molecule has 0 heterocycles. The molecule has 0 unspecified atom stereocenters. The lowest BCUT2D eigenvalue weighted by Crippen LogP contribution is -2.22. The van der Waals surface area contributed by atoms with E-state index in [2.05, 4.69) is 31.1 Å². The zero-order valence-electron chi connectivity index (χ0n) is 11.1. The van der Waals surface area contributed by atoms with Crippen LogP contribution in [-0.4, -0.2) is 20.1 Å². The van der Waals surface area contributed by atoms with Crippen LogP contribution in [0.3, 0.4) is 0 Å². The van der Waals surface area contributed by atoms with Crippen LogP contribution >= 0.6 is 0 Å². The Morgan fingerprint density at radius 3 is 2.71 bits per heavy atom. The fraction of sp³-hybridized carbons (Fsp3) is 0.571. The molecule has 1 N–H and O–H groups in total. The van der Waals surface area contributed by atoms with E-state index in [1.54, 1.807) is 6.07 Å². The smallest absolute Gasteiger partial charge is 0.123 e. The molecule has 0 aromatic heterocycles. The Hall–Kier alpha value is -1.09. The Morgan fingerprint density at radius 1 is 1.29 bits per heavy atom. The van der Waals surface area contributed by atoms with Gasteiger partial charge in [0.15, 0.2) is 0 Å². The van der Waals surface area contributed by atoms with Crippen molar-refractivity contribution >= 4 is 5.69 Å². The molecule has 0 bridgehead atoms. The lowest BCUT2D eigenvalue weighted by atomic mass is 10.1. The second-order valence-electron chi connectivity index (χ2n) is 4.33. The third-order valence-corrected chi connectivity index (χ3v) is 2.87. The van der Waals surface area contributed by atoms with E-state index in [1.165, 1.54) is 12.5 Å². The molecule has 0 aliphatic carbocycles. The van der Waals surface area contributed by atoms with Gasteiger partial charge in [-0.05, 0) is 36.7 Å². The summed E-state index contributed by atoms with van der Waals surface area (Å²) in [5, 5.41) is 3.25. The van der Waals surface area contributed by atoms with Gasteiger partial charge >= 0.3 is 0 Å². The molecule has 96 valence electrons. The molecule has 3 heteroatoms. The summed E-state index contributed by atoms with van der Waals surface area (Å²) >= 11 is 0. The van der Waals surface area contributed by atoms with Crippen LogP contribution in [0.25, 0.3) is 0 Å². The van der Waals surface area contributed by atoms with Crippen LogP contribution in [0.2, 0.25) is 0 Å². The van der Waals surface area contributed by atoms with Crippen molar-refractivity contribution in [3.8, 4) is 0 Å². The van der Waals surface area contributed by atoms with Gasteiger partial charge in [0.05, 0.1) is 0 Å². The summed E-state index contributed by atoms with van der Waals surface area (Å²) in [7, 11) is 2.07. The predicted octanol–water partition coefficient (Wildman–Crippen LogP) is 3.17. The molecular weight excluding hydrogens is 215 g/mol. The van der Waals surface area contributed by atoms with Crippen molar-refractivity contribution in [1.29, 1.82) is 0 Å².